The Balaban J connectivity index is 1.43. The summed E-state index contributed by atoms with van der Waals surface area (Å²) < 4.78 is 0. The Morgan fingerprint density at radius 1 is 0.732 bits per heavy atom. The lowest BCUT2D eigenvalue weighted by atomic mass is 9.69. The van der Waals surface area contributed by atoms with Gasteiger partial charge in [0.25, 0.3) is 0 Å². The third-order valence-electron chi connectivity index (χ3n) is 8.65. The quantitative estimate of drug-likeness (QED) is 0.108. The van der Waals surface area contributed by atoms with E-state index in [1.807, 2.05) is 11.8 Å². The molecule has 2 atom stereocenters. The van der Waals surface area contributed by atoms with E-state index in [1.54, 1.807) is 5.56 Å². The van der Waals surface area contributed by atoms with Crippen molar-refractivity contribution >= 4 is 41.3 Å². The first-order valence-electron chi connectivity index (χ1n) is 14.6. The fourth-order valence-corrected chi connectivity index (χ4v) is 10.1. The topological polar surface area (TPSA) is 12.0 Å². The third-order valence-corrected chi connectivity index (χ3v) is 12.1. The number of thioether (sulfide) groups is 1. The molecule has 0 saturated heterocycles. The molecule has 5 aromatic carbocycles. The Labute approximate surface area is 251 Å². The summed E-state index contributed by atoms with van der Waals surface area (Å²) >= 11 is 1.91. The van der Waals surface area contributed by atoms with E-state index < -0.39 is 7.92 Å². The highest BCUT2D eigenvalue weighted by Gasteiger charge is 2.46. The highest BCUT2D eigenvalue weighted by molar-refractivity contribution is 7.99. The Kier molecular flexibility index (Phi) is 8.33. The minimum Gasteiger partial charge on any atom is -0.384 e. The summed E-state index contributed by atoms with van der Waals surface area (Å²) in [5.41, 5.74) is 7.05. The van der Waals surface area contributed by atoms with Gasteiger partial charge in [0.15, 0.2) is 0 Å². The van der Waals surface area contributed by atoms with Gasteiger partial charge in [-0.25, -0.2) is 0 Å². The highest BCUT2D eigenvalue weighted by Crippen LogP contribution is 2.52. The van der Waals surface area contributed by atoms with Crippen molar-refractivity contribution in [2.45, 2.75) is 37.5 Å². The van der Waals surface area contributed by atoms with Crippen molar-refractivity contribution in [3.63, 3.8) is 0 Å². The van der Waals surface area contributed by atoms with Crippen molar-refractivity contribution in [3.8, 4) is 0 Å². The second-order valence-electron chi connectivity index (χ2n) is 11.2. The van der Waals surface area contributed by atoms with Gasteiger partial charge in [0.05, 0.1) is 0 Å². The average molecular weight is 572 g/mol. The summed E-state index contributed by atoms with van der Waals surface area (Å²) in [6, 6.07) is 46.9. The number of fused-ring (bicyclic) bond motifs is 1. The van der Waals surface area contributed by atoms with Gasteiger partial charge < -0.3 is 5.32 Å². The molecule has 6 rings (SSSR count). The van der Waals surface area contributed by atoms with Gasteiger partial charge in [-0.3, -0.25) is 0 Å². The summed E-state index contributed by atoms with van der Waals surface area (Å²) in [5, 5.41) is 8.19. The van der Waals surface area contributed by atoms with Gasteiger partial charge in [-0.15, -0.1) is 11.8 Å². The molecule has 1 nitrogen and oxygen atoms in total. The number of hydrogen-bond acceptors (Lipinski definition) is 2. The SMILES string of the molecule is Cc1cccc(NCCSc2ccccc2)c1[C@]1(C)c2c(cccc2P(c2ccccc2)c2ccccc2)CC1C. The average Bonchev–Trinajstić information content (AvgIpc) is 3.27. The van der Waals surface area contributed by atoms with Gasteiger partial charge in [-0.05, 0) is 83.6 Å². The maximum atomic E-state index is 3.87. The van der Waals surface area contributed by atoms with Crippen LogP contribution in [-0.4, -0.2) is 12.3 Å². The molecule has 0 spiro atoms. The van der Waals surface area contributed by atoms with Crippen LogP contribution in [0.4, 0.5) is 5.69 Å². The highest BCUT2D eigenvalue weighted by atomic mass is 32.2. The lowest BCUT2D eigenvalue weighted by Gasteiger charge is -2.37. The van der Waals surface area contributed by atoms with E-state index in [1.165, 1.54) is 43.2 Å². The van der Waals surface area contributed by atoms with Crippen LogP contribution >= 0.6 is 19.7 Å². The molecule has 0 heterocycles. The van der Waals surface area contributed by atoms with Crippen molar-refractivity contribution in [1.82, 2.24) is 0 Å². The Morgan fingerprint density at radius 2 is 1.34 bits per heavy atom. The standard InChI is InChI=1S/C38H38NPS/c1-28-15-13-23-34(39-25-26-41-33-21-11-6-12-22-33)36(28)38(3)29(2)27-30-16-14-24-35(37(30)38)40(31-17-7-4-8-18-31)32-19-9-5-10-20-32/h4-24,29,39H,25-27H2,1-3H3/t29?,38-/m1/s1. The number of nitrogens with one attached hydrogen (secondary N) is 1. The van der Waals surface area contributed by atoms with Gasteiger partial charge in [-0.2, -0.15) is 0 Å². The second-order valence-corrected chi connectivity index (χ2v) is 14.6. The van der Waals surface area contributed by atoms with Crippen LogP contribution in [0, 0.1) is 12.8 Å². The first-order valence-corrected chi connectivity index (χ1v) is 16.9. The molecule has 5 aromatic rings. The summed E-state index contributed by atoms with van der Waals surface area (Å²) in [6.07, 6.45) is 1.10. The van der Waals surface area contributed by atoms with Crippen LogP contribution < -0.4 is 21.2 Å². The number of benzene rings is 5. The van der Waals surface area contributed by atoms with E-state index in [0.29, 0.717) is 5.92 Å². The lowest BCUT2D eigenvalue weighted by molar-refractivity contribution is 0.412. The number of anilines is 1. The number of aryl methyl sites for hydroxylation is 1. The molecule has 0 bridgehead atoms. The predicted molar refractivity (Wildman–Crippen MR) is 181 cm³/mol. The van der Waals surface area contributed by atoms with Crippen LogP contribution in [0.15, 0.2) is 132 Å². The zero-order chi connectivity index (χ0) is 28.2. The molecule has 206 valence electrons. The molecule has 1 aliphatic carbocycles. The van der Waals surface area contributed by atoms with Crippen molar-refractivity contribution in [2.24, 2.45) is 5.92 Å². The maximum absolute atomic E-state index is 3.87. The third kappa shape index (κ3) is 5.49. The number of rotatable bonds is 9. The van der Waals surface area contributed by atoms with E-state index in [-0.39, 0.29) is 5.41 Å². The van der Waals surface area contributed by atoms with E-state index in [0.717, 1.165) is 18.7 Å². The Hall–Kier alpha value is -3.32. The molecule has 1 N–H and O–H groups in total. The van der Waals surface area contributed by atoms with Gasteiger partial charge >= 0.3 is 0 Å². The first kappa shape index (κ1) is 27.8. The van der Waals surface area contributed by atoms with Crippen molar-refractivity contribution in [1.29, 1.82) is 0 Å². The molecule has 0 radical (unpaired) electrons. The van der Waals surface area contributed by atoms with Gasteiger partial charge in [-0.1, -0.05) is 123 Å². The summed E-state index contributed by atoms with van der Waals surface area (Å²) in [5.74, 6) is 1.51. The monoisotopic (exact) mass is 571 g/mol. The van der Waals surface area contributed by atoms with E-state index in [9.17, 15) is 0 Å². The molecule has 0 fully saturated rings. The summed E-state index contributed by atoms with van der Waals surface area (Å²) in [7, 11) is -0.699. The first-order chi connectivity index (χ1) is 20.1. The summed E-state index contributed by atoms with van der Waals surface area (Å²) in [4.78, 5) is 1.32. The fraction of sp³-hybridized carbons (Fsp3) is 0.211. The van der Waals surface area contributed by atoms with E-state index in [2.05, 4.69) is 153 Å². The van der Waals surface area contributed by atoms with Crippen LogP contribution in [0.1, 0.15) is 36.1 Å². The zero-order valence-electron chi connectivity index (χ0n) is 24.2. The van der Waals surface area contributed by atoms with Crippen molar-refractivity contribution in [3.05, 3.63) is 150 Å². The second kappa shape index (κ2) is 12.3. The molecule has 0 amide bonds. The Bertz CT molecular complexity index is 1560. The lowest BCUT2D eigenvalue weighted by Crippen LogP contribution is -2.35. The molecule has 1 aliphatic rings. The van der Waals surface area contributed by atoms with E-state index >= 15 is 0 Å². The Morgan fingerprint density at radius 3 is 2.00 bits per heavy atom. The van der Waals surface area contributed by atoms with Crippen LogP contribution in [0.25, 0.3) is 0 Å². The van der Waals surface area contributed by atoms with Crippen molar-refractivity contribution in [2.75, 3.05) is 17.6 Å². The largest absolute Gasteiger partial charge is 0.384 e. The molecule has 41 heavy (non-hydrogen) atoms. The predicted octanol–water partition coefficient (Wildman–Crippen LogP) is 8.46. The molecule has 0 aromatic heterocycles. The van der Waals surface area contributed by atoms with Gasteiger partial charge in [0.2, 0.25) is 0 Å². The van der Waals surface area contributed by atoms with E-state index in [4.69, 9.17) is 0 Å². The van der Waals surface area contributed by atoms with Gasteiger partial charge in [0, 0.05) is 28.3 Å². The minimum atomic E-state index is -0.699. The molecule has 3 heteroatoms. The molecular formula is C38H38NPS. The molecule has 0 aliphatic heterocycles. The molecular weight excluding hydrogens is 533 g/mol. The van der Waals surface area contributed by atoms with Gasteiger partial charge in [0.1, 0.15) is 0 Å². The smallest absolute Gasteiger partial charge is 0.0384 e. The fourth-order valence-electron chi connectivity index (χ4n) is 6.65. The van der Waals surface area contributed by atoms with Crippen LogP contribution in [0.3, 0.4) is 0 Å². The minimum absolute atomic E-state index is 0.101. The zero-order valence-corrected chi connectivity index (χ0v) is 25.9. The molecule has 0 saturated carbocycles. The number of hydrogen-bond donors (Lipinski definition) is 1. The van der Waals surface area contributed by atoms with Crippen LogP contribution in [-0.2, 0) is 11.8 Å². The maximum Gasteiger partial charge on any atom is 0.0384 e. The summed E-state index contributed by atoms with van der Waals surface area (Å²) in [6.45, 7) is 8.20. The normalized spacial score (nSPS) is 17.9. The van der Waals surface area contributed by atoms with Crippen molar-refractivity contribution < 1.29 is 0 Å². The van der Waals surface area contributed by atoms with Crippen LogP contribution in [0.5, 0.6) is 0 Å². The van der Waals surface area contributed by atoms with Crippen LogP contribution in [0.2, 0.25) is 0 Å². The molecule has 1 unspecified atom stereocenters.